The third-order valence-corrected chi connectivity index (χ3v) is 4.10. The summed E-state index contributed by atoms with van der Waals surface area (Å²) < 4.78 is 4.61. The Morgan fingerprint density at radius 2 is 1.24 bits per heavy atom. The number of carbonyl (C=O) groups is 3. The maximum absolute atomic E-state index is 11.2. The molecule has 0 unspecified atom stereocenters. The molecule has 2 heterocycles. The molecule has 0 saturated heterocycles. The average molecular weight is 673 g/mol. The molecule has 3 N–H and O–H groups in total. The van der Waals surface area contributed by atoms with Crippen LogP contribution in [0.25, 0.3) is 22.5 Å². The normalized spacial score (nSPS) is 8.54. The van der Waals surface area contributed by atoms with Crippen molar-refractivity contribution in [3.8, 4) is 22.5 Å². The van der Waals surface area contributed by atoms with Crippen LogP contribution in [0.4, 0.5) is 0 Å². The average Bonchev–Trinajstić information content (AvgIpc) is 3.65. The molecule has 0 aliphatic rings. The number of aromatic nitrogens is 4. The first-order chi connectivity index (χ1) is 17.0. The van der Waals surface area contributed by atoms with Gasteiger partial charge in [-0.3, -0.25) is 15.0 Å². The number of rotatable bonds is 5. The van der Waals surface area contributed by atoms with Crippen molar-refractivity contribution in [3.05, 3.63) is 84.2 Å². The molecule has 0 atom stereocenters. The van der Waals surface area contributed by atoms with Crippen LogP contribution in [0.15, 0.2) is 73.1 Å². The molecule has 0 fully saturated rings. The van der Waals surface area contributed by atoms with Gasteiger partial charge in [0.2, 0.25) is 0 Å². The molecule has 0 radical (unpaired) electrons. The summed E-state index contributed by atoms with van der Waals surface area (Å²) in [5, 5.41) is 30.4. The number of hydrogen-bond acceptors (Lipinski definition) is 8. The molecule has 186 valence electrons. The number of nitrogens with one attached hydrogen (secondary N) is 2. The van der Waals surface area contributed by atoms with E-state index in [0.29, 0.717) is 5.56 Å². The van der Waals surface area contributed by atoms with Gasteiger partial charge in [0, 0.05) is 12.4 Å². The fourth-order valence-electron chi connectivity index (χ4n) is 2.53. The second-order valence-corrected chi connectivity index (χ2v) is 6.08. The van der Waals surface area contributed by atoms with Gasteiger partial charge in [0.1, 0.15) is 0 Å². The van der Waals surface area contributed by atoms with E-state index in [1.807, 2.05) is 29.2 Å². The van der Waals surface area contributed by atoms with E-state index in [9.17, 15) is 9.59 Å². The summed E-state index contributed by atoms with van der Waals surface area (Å²) in [6, 6.07) is 17.5. The number of benzene rings is 2. The molecule has 2 aromatic heterocycles. The number of aromatic amines is 2. The number of hydrogen-bond donors (Lipinski definition) is 3. The molecule has 2 aromatic carbocycles. The predicted molar refractivity (Wildman–Crippen MR) is 135 cm³/mol. The number of aromatic carboxylic acids is 1. The number of carbonyl (C=O) groups excluding carboxylic acids is 2. The van der Waals surface area contributed by atoms with Crippen molar-refractivity contribution in [1.29, 1.82) is 0 Å². The molecular formula is C23H23IK2N4O7. The van der Waals surface area contributed by atoms with Crippen LogP contribution in [0, 0.1) is 0 Å². The van der Waals surface area contributed by atoms with Crippen molar-refractivity contribution >= 4 is 41.0 Å². The molecule has 0 saturated carbocycles. The van der Waals surface area contributed by atoms with Crippen LogP contribution in [-0.4, -0.2) is 56.0 Å². The third kappa shape index (κ3) is 14.3. The summed E-state index contributed by atoms with van der Waals surface area (Å²) in [6.07, 6.45) is 3.34. The second kappa shape index (κ2) is 23.1. The number of ether oxygens (including phenoxy) is 1. The molecule has 0 aliphatic heterocycles. The van der Waals surface area contributed by atoms with E-state index in [1.165, 1.54) is 7.11 Å². The van der Waals surface area contributed by atoms with E-state index in [-0.39, 0.29) is 122 Å². The van der Waals surface area contributed by atoms with Crippen molar-refractivity contribution < 1.29 is 139 Å². The minimum Gasteiger partial charge on any atom is -1.00 e. The Morgan fingerprint density at radius 3 is 1.51 bits per heavy atom. The van der Waals surface area contributed by atoms with Crippen molar-refractivity contribution in [2.45, 2.75) is 0 Å². The van der Waals surface area contributed by atoms with Gasteiger partial charge in [0.15, 0.2) is 0 Å². The summed E-state index contributed by atoms with van der Waals surface area (Å²) in [5.41, 5.74) is 4.54. The Bertz CT molecular complexity index is 1150. The van der Waals surface area contributed by atoms with Gasteiger partial charge in [-0.15, -0.1) is 0 Å². The number of alkyl halides is 1. The van der Waals surface area contributed by atoms with Crippen LogP contribution < -0.4 is 108 Å². The molecule has 4 rings (SSSR count). The van der Waals surface area contributed by atoms with Crippen LogP contribution in [0.1, 0.15) is 22.1 Å². The zero-order valence-electron chi connectivity index (χ0n) is 21.7. The first-order valence-electron chi connectivity index (χ1n) is 9.61. The molecule has 0 amide bonds. The molecule has 37 heavy (non-hydrogen) atoms. The maximum atomic E-state index is 11.2. The fourth-order valence-corrected chi connectivity index (χ4v) is 2.53. The Hall–Kier alpha value is -0.767. The van der Waals surface area contributed by atoms with Crippen molar-refractivity contribution in [2.24, 2.45) is 0 Å². The summed E-state index contributed by atoms with van der Waals surface area (Å²) >= 11 is 2.15. The van der Waals surface area contributed by atoms with E-state index < -0.39 is 5.97 Å². The standard InChI is InChI=1S/C11H10N2O2.C10H8N2O2.CH3I.CH2O3.2K.H/c1-15-11(14)9-4-2-8(3-5-9)10-6-7-12-13-10;13-10(14)8-3-1-7(2-4-8)9-5-6-11-12-9;1-2;2-1-4-3;;;/h2-7H,1H3,(H,12,13);1-6H,(H,11,12)(H,13,14);1H3;1,3H;;;/q;;;;2*+1;-1/p-1. The third-order valence-electron chi connectivity index (χ3n) is 4.10. The summed E-state index contributed by atoms with van der Waals surface area (Å²) in [4.78, 5) is 35.0. The second-order valence-electron chi connectivity index (χ2n) is 6.08. The van der Waals surface area contributed by atoms with Crippen LogP contribution in [0.5, 0.6) is 0 Å². The summed E-state index contributed by atoms with van der Waals surface area (Å²) in [5.74, 6) is -1.24. The van der Waals surface area contributed by atoms with Crippen LogP contribution in [0.2, 0.25) is 0 Å². The first kappa shape index (κ1) is 38.4. The zero-order valence-corrected chi connectivity index (χ0v) is 29.1. The van der Waals surface area contributed by atoms with Gasteiger partial charge in [-0.25, -0.2) is 9.59 Å². The number of esters is 1. The van der Waals surface area contributed by atoms with E-state index >= 15 is 0 Å². The van der Waals surface area contributed by atoms with E-state index in [4.69, 9.17) is 15.2 Å². The van der Waals surface area contributed by atoms with Gasteiger partial charge in [0.05, 0.1) is 29.6 Å². The van der Waals surface area contributed by atoms with Gasteiger partial charge >= 0.3 is 115 Å². The largest absolute Gasteiger partial charge is 1.00 e. The molecule has 0 bridgehead atoms. The topological polar surface area (TPSA) is 170 Å². The summed E-state index contributed by atoms with van der Waals surface area (Å²) in [7, 11) is 1.37. The van der Waals surface area contributed by atoms with Crippen molar-refractivity contribution in [1.82, 2.24) is 20.4 Å². The number of nitrogens with zero attached hydrogens (tertiary/aromatic N) is 2. The van der Waals surface area contributed by atoms with Gasteiger partial charge in [-0.1, -0.05) is 46.9 Å². The zero-order chi connectivity index (χ0) is 26.1. The number of halogens is 1. The van der Waals surface area contributed by atoms with E-state index in [1.54, 1.807) is 48.8 Å². The van der Waals surface area contributed by atoms with Gasteiger partial charge in [-0.2, -0.15) is 10.2 Å². The molecule has 14 heteroatoms. The molecular weight excluding hydrogens is 649 g/mol. The van der Waals surface area contributed by atoms with Crippen molar-refractivity contribution in [2.75, 3.05) is 12.0 Å². The number of methoxy groups -OCH3 is 1. The Balaban J connectivity index is -0.000000503. The quantitative estimate of drug-likeness (QED) is 0.0387. The van der Waals surface area contributed by atoms with Gasteiger partial charge in [-0.05, 0) is 52.5 Å². The fraction of sp³-hybridized carbons (Fsp3) is 0.0870. The SMILES string of the molecule is CI.COC(=O)c1ccc(-c2ccn[nH]2)cc1.O=C(O)c1ccc(-c2ccn[nH]2)cc1.O=CO[O-].[H-].[K+].[K+]. The molecule has 0 spiro atoms. The Morgan fingerprint density at radius 1 is 0.865 bits per heavy atom. The maximum Gasteiger partial charge on any atom is 1.00 e. The van der Waals surface area contributed by atoms with Gasteiger partial charge < -0.3 is 21.4 Å². The smallest absolute Gasteiger partial charge is 1.00 e. The first-order valence-corrected chi connectivity index (χ1v) is 11.8. The number of carboxylic acids is 1. The Kier molecular flexibility index (Phi) is 24.0. The Labute approximate surface area is 313 Å². The molecule has 11 nitrogen and oxygen atoms in total. The van der Waals surface area contributed by atoms with E-state index in [0.717, 1.165) is 22.5 Å². The molecule has 4 aromatic rings. The number of carboxylic acid groups (broad SMARTS) is 1. The van der Waals surface area contributed by atoms with Gasteiger partial charge in [0.25, 0.3) is 6.47 Å². The monoisotopic (exact) mass is 672 g/mol. The van der Waals surface area contributed by atoms with Crippen LogP contribution in [-0.2, 0) is 14.4 Å². The van der Waals surface area contributed by atoms with Crippen LogP contribution in [0.3, 0.4) is 0 Å². The van der Waals surface area contributed by atoms with E-state index in [2.05, 4.69) is 52.6 Å². The van der Waals surface area contributed by atoms with Crippen LogP contribution >= 0.6 is 22.6 Å². The molecule has 0 aliphatic carbocycles. The number of H-pyrrole nitrogens is 2. The minimum absolute atomic E-state index is 0. The predicted octanol–water partition coefficient (Wildman–Crippen LogP) is -2.76. The minimum atomic E-state index is -0.916. The van der Waals surface area contributed by atoms with Crippen molar-refractivity contribution in [3.63, 3.8) is 0 Å². The summed E-state index contributed by atoms with van der Waals surface area (Å²) in [6.45, 7) is -0.181.